The van der Waals surface area contributed by atoms with Crippen molar-refractivity contribution in [3.8, 4) is 0 Å². The molecule has 10 heteroatoms. The van der Waals surface area contributed by atoms with Gasteiger partial charge in [-0.1, -0.05) is 0 Å². The van der Waals surface area contributed by atoms with Gasteiger partial charge in [0.25, 0.3) is 0 Å². The first-order valence-corrected chi connectivity index (χ1v) is 11.8. The first-order valence-electron chi connectivity index (χ1n) is 11.8. The van der Waals surface area contributed by atoms with Crippen molar-refractivity contribution >= 4 is 0 Å². The van der Waals surface area contributed by atoms with E-state index in [9.17, 15) is 0 Å². The van der Waals surface area contributed by atoms with E-state index in [1.54, 1.807) is 0 Å². The van der Waals surface area contributed by atoms with Crippen LogP contribution >= 0.6 is 0 Å². The van der Waals surface area contributed by atoms with E-state index >= 15 is 0 Å². The van der Waals surface area contributed by atoms with Crippen molar-refractivity contribution in [3.05, 3.63) is 0 Å². The van der Waals surface area contributed by atoms with E-state index in [1.807, 2.05) is 0 Å². The summed E-state index contributed by atoms with van der Waals surface area (Å²) in [5.41, 5.74) is 0. The van der Waals surface area contributed by atoms with Crippen molar-refractivity contribution in [2.24, 2.45) is 0 Å². The van der Waals surface area contributed by atoms with E-state index in [4.69, 9.17) is 47.4 Å². The number of ether oxygens (including phenoxy) is 10. The van der Waals surface area contributed by atoms with E-state index in [-0.39, 0.29) is 0 Å². The zero-order valence-corrected chi connectivity index (χ0v) is 19.6. The van der Waals surface area contributed by atoms with Crippen LogP contribution < -0.4 is 0 Å². The highest BCUT2D eigenvalue weighted by molar-refractivity contribution is 4.40. The van der Waals surface area contributed by atoms with Gasteiger partial charge in [0.05, 0.1) is 106 Å². The fraction of sp³-hybridized carbons (Fsp3) is 1.00. The molecule has 1 saturated heterocycles. The smallest absolute Gasteiger partial charge is 0.0701 e. The zero-order chi connectivity index (χ0) is 22.6. The summed E-state index contributed by atoms with van der Waals surface area (Å²) in [6.45, 7) is 11.6. The Morgan fingerprint density at radius 2 is 0.281 bits per heavy atom. The second-order valence-corrected chi connectivity index (χ2v) is 6.83. The van der Waals surface area contributed by atoms with Gasteiger partial charge in [-0.3, -0.25) is 0 Å². The Hall–Kier alpha value is -0.400. The molecule has 0 unspecified atom stereocenters. The molecule has 0 radical (unpaired) electrons. The maximum Gasteiger partial charge on any atom is 0.0701 e. The summed E-state index contributed by atoms with van der Waals surface area (Å²) in [7, 11) is 0. The summed E-state index contributed by atoms with van der Waals surface area (Å²) in [6.07, 6.45) is 1.70. The first kappa shape index (κ1) is 29.6. The second-order valence-electron chi connectivity index (χ2n) is 6.83. The molecule has 0 saturated carbocycles. The minimum absolute atomic E-state index is 0.549. The molecular formula is C22H44O10. The maximum absolute atomic E-state index is 5.50. The molecule has 0 spiro atoms. The summed E-state index contributed by atoms with van der Waals surface area (Å²) < 4.78 is 54.7. The van der Waals surface area contributed by atoms with Crippen LogP contribution in [0.25, 0.3) is 0 Å². The van der Waals surface area contributed by atoms with E-state index in [2.05, 4.69) is 0 Å². The Kier molecular flexibility index (Phi) is 24.9. The predicted molar refractivity (Wildman–Crippen MR) is 117 cm³/mol. The minimum Gasteiger partial charge on any atom is -0.379 e. The van der Waals surface area contributed by atoms with Gasteiger partial charge in [0.2, 0.25) is 0 Å². The quantitative estimate of drug-likeness (QED) is 0.512. The Balaban J connectivity index is 2.00. The van der Waals surface area contributed by atoms with E-state index < -0.39 is 0 Å². The van der Waals surface area contributed by atoms with Crippen LogP contribution in [0.3, 0.4) is 0 Å². The molecule has 0 aromatic carbocycles. The fourth-order valence-electron chi connectivity index (χ4n) is 2.49. The molecule has 0 aliphatic carbocycles. The van der Waals surface area contributed by atoms with Crippen molar-refractivity contribution < 1.29 is 47.4 Å². The third-order valence-corrected chi connectivity index (χ3v) is 4.13. The molecule has 1 fully saturated rings. The highest BCUT2D eigenvalue weighted by Crippen LogP contribution is 1.90. The lowest BCUT2D eigenvalue weighted by Crippen LogP contribution is -2.15. The molecule has 0 bridgehead atoms. The third kappa shape index (κ3) is 24.2. The van der Waals surface area contributed by atoms with Crippen LogP contribution in [0.5, 0.6) is 0 Å². The van der Waals surface area contributed by atoms with Gasteiger partial charge in [0.1, 0.15) is 0 Å². The molecule has 1 rings (SSSR count). The number of hydrogen-bond acceptors (Lipinski definition) is 10. The monoisotopic (exact) mass is 468 g/mol. The Labute approximate surface area is 193 Å². The highest BCUT2D eigenvalue weighted by Gasteiger charge is 1.97. The van der Waals surface area contributed by atoms with E-state index in [1.165, 1.54) is 0 Å². The normalized spacial score (nSPS) is 24.0. The predicted octanol–water partition coefficient (Wildman–Crippen LogP) is 0.946. The largest absolute Gasteiger partial charge is 0.379 e. The van der Waals surface area contributed by atoms with Gasteiger partial charge in [-0.2, -0.15) is 0 Å². The average Bonchev–Trinajstić information content (AvgIpc) is 2.80. The summed E-state index contributed by atoms with van der Waals surface area (Å²) in [4.78, 5) is 0. The Morgan fingerprint density at radius 3 is 0.438 bits per heavy atom. The second kappa shape index (κ2) is 26.8. The number of hydrogen-bond donors (Lipinski definition) is 0. The highest BCUT2D eigenvalue weighted by atomic mass is 16.6. The van der Waals surface area contributed by atoms with Crippen LogP contribution in [0.4, 0.5) is 0 Å². The van der Waals surface area contributed by atoms with Gasteiger partial charge < -0.3 is 47.4 Å². The summed E-state index contributed by atoms with van der Waals surface area (Å²) in [6, 6.07) is 0. The number of rotatable bonds is 0. The van der Waals surface area contributed by atoms with Crippen LogP contribution in [0.2, 0.25) is 0 Å². The van der Waals surface area contributed by atoms with Crippen molar-refractivity contribution in [1.82, 2.24) is 0 Å². The lowest BCUT2D eigenvalue weighted by molar-refractivity contribution is -0.0210. The van der Waals surface area contributed by atoms with Crippen LogP contribution in [0.15, 0.2) is 0 Å². The topological polar surface area (TPSA) is 92.3 Å². The fourth-order valence-corrected chi connectivity index (χ4v) is 2.49. The van der Waals surface area contributed by atoms with Gasteiger partial charge >= 0.3 is 0 Å². The molecule has 0 aromatic heterocycles. The molecule has 0 atom stereocenters. The van der Waals surface area contributed by atoms with Crippen LogP contribution in [-0.4, -0.2) is 132 Å². The van der Waals surface area contributed by atoms with Crippen LogP contribution in [-0.2, 0) is 47.4 Å². The molecule has 32 heavy (non-hydrogen) atoms. The average molecular weight is 469 g/mol. The van der Waals surface area contributed by atoms with Crippen molar-refractivity contribution in [1.29, 1.82) is 0 Å². The summed E-state index contributed by atoms with van der Waals surface area (Å²) in [5, 5.41) is 0. The summed E-state index contributed by atoms with van der Waals surface area (Å²) in [5.74, 6) is 0. The molecule has 0 aromatic rings. The molecule has 0 amide bonds. The third-order valence-electron chi connectivity index (χ3n) is 4.13. The van der Waals surface area contributed by atoms with Gasteiger partial charge in [0, 0.05) is 26.4 Å². The van der Waals surface area contributed by atoms with Crippen molar-refractivity contribution in [2.45, 2.75) is 12.8 Å². The lowest BCUT2D eigenvalue weighted by Gasteiger charge is -2.09. The first-order chi connectivity index (χ1) is 16.0. The van der Waals surface area contributed by atoms with Gasteiger partial charge in [-0.05, 0) is 12.8 Å². The summed E-state index contributed by atoms with van der Waals surface area (Å²) >= 11 is 0. The molecule has 0 N–H and O–H groups in total. The maximum atomic E-state index is 5.50. The molecule has 10 nitrogen and oxygen atoms in total. The lowest BCUT2D eigenvalue weighted by atomic mass is 10.5. The zero-order valence-electron chi connectivity index (χ0n) is 19.6. The SMILES string of the molecule is C1COCCOCCOCCOCCOCCCOCCOCCOCCOCCOC1. The molecule has 1 aliphatic rings. The molecule has 1 heterocycles. The van der Waals surface area contributed by atoms with Crippen LogP contribution in [0, 0.1) is 0 Å². The van der Waals surface area contributed by atoms with Crippen molar-refractivity contribution in [2.75, 3.05) is 132 Å². The Bertz CT molecular complexity index is 189. The van der Waals surface area contributed by atoms with Crippen molar-refractivity contribution in [3.63, 3.8) is 0 Å². The van der Waals surface area contributed by atoms with E-state index in [0.29, 0.717) is 132 Å². The van der Waals surface area contributed by atoms with E-state index in [0.717, 1.165) is 12.8 Å². The minimum atomic E-state index is 0.549. The Morgan fingerprint density at radius 1 is 0.156 bits per heavy atom. The molecule has 1 aliphatic heterocycles. The van der Waals surface area contributed by atoms with Gasteiger partial charge in [-0.15, -0.1) is 0 Å². The molecular weight excluding hydrogens is 424 g/mol. The van der Waals surface area contributed by atoms with Gasteiger partial charge in [0.15, 0.2) is 0 Å². The van der Waals surface area contributed by atoms with Crippen LogP contribution in [0.1, 0.15) is 12.8 Å². The standard InChI is InChI=1S/C22H44O10/c1-3-23-7-11-27-15-19-31-21-17-29-13-9-25-5-2-6-26-10-14-30-18-22-32-20-16-28-12-8-24-4-1/h1-22H2. The molecule has 192 valence electrons. The van der Waals surface area contributed by atoms with Gasteiger partial charge in [-0.25, -0.2) is 0 Å².